The average molecular weight is 703 g/mol. The number of aromatic nitrogens is 2. The van der Waals surface area contributed by atoms with Gasteiger partial charge in [0.2, 0.25) is 0 Å². The highest BCUT2D eigenvalue weighted by Gasteiger charge is 2.36. The Hall–Kier alpha value is -6.90. The van der Waals surface area contributed by atoms with Gasteiger partial charge in [-0.1, -0.05) is 184 Å². The summed E-state index contributed by atoms with van der Waals surface area (Å²) in [5.74, 6) is 0.706. The molecule has 9 aromatic rings. The smallest absolute Gasteiger partial charge is 0.160 e. The van der Waals surface area contributed by atoms with Crippen molar-refractivity contribution in [3.63, 3.8) is 0 Å². The van der Waals surface area contributed by atoms with Gasteiger partial charge in [0.15, 0.2) is 5.82 Å². The lowest BCUT2D eigenvalue weighted by molar-refractivity contribution is 0.666. The molecule has 0 unspecified atom stereocenters. The highest BCUT2D eigenvalue weighted by Crippen LogP contribution is 2.52. The van der Waals surface area contributed by atoms with Crippen LogP contribution in [0.3, 0.4) is 0 Å². The van der Waals surface area contributed by atoms with E-state index >= 15 is 0 Å². The maximum atomic E-state index is 5.18. The van der Waals surface area contributed by atoms with Gasteiger partial charge in [0.1, 0.15) is 0 Å². The molecule has 2 heteroatoms. The van der Waals surface area contributed by atoms with Crippen molar-refractivity contribution < 1.29 is 0 Å². The molecule has 260 valence electrons. The van der Waals surface area contributed by atoms with Crippen molar-refractivity contribution >= 4 is 10.8 Å². The van der Waals surface area contributed by atoms with E-state index in [1.54, 1.807) is 0 Å². The lowest BCUT2D eigenvalue weighted by atomic mass is 9.80. The first-order chi connectivity index (χ1) is 27.0. The van der Waals surface area contributed by atoms with Crippen molar-refractivity contribution in [3.8, 4) is 78.4 Å². The summed E-state index contributed by atoms with van der Waals surface area (Å²) < 4.78 is 0. The van der Waals surface area contributed by atoms with Crippen molar-refractivity contribution in [2.75, 3.05) is 0 Å². The Labute approximate surface area is 322 Å². The number of rotatable bonds is 6. The third kappa shape index (κ3) is 5.84. The van der Waals surface area contributed by atoms with Crippen LogP contribution in [-0.2, 0) is 5.41 Å². The number of hydrogen-bond donors (Lipinski definition) is 0. The SMILES string of the molecule is CC1(C)c2ccc(-c3ccc(-c4cccc(-c5cc(-c6ccccc6)nc(-c6cccc(-c7ccccc7)c6)n5)c4)cc3)cc2-c2ccc3ccccc3c21. The van der Waals surface area contributed by atoms with Gasteiger partial charge >= 0.3 is 0 Å². The summed E-state index contributed by atoms with van der Waals surface area (Å²) >= 11 is 0. The van der Waals surface area contributed by atoms with Crippen LogP contribution in [0.5, 0.6) is 0 Å². The van der Waals surface area contributed by atoms with Crippen LogP contribution in [0.1, 0.15) is 25.0 Å². The minimum Gasteiger partial charge on any atom is -0.228 e. The van der Waals surface area contributed by atoms with Crippen molar-refractivity contribution in [1.82, 2.24) is 9.97 Å². The Morgan fingerprint density at radius 2 is 0.855 bits per heavy atom. The molecule has 8 aromatic carbocycles. The van der Waals surface area contributed by atoms with Crippen LogP contribution in [0.25, 0.3) is 89.2 Å². The van der Waals surface area contributed by atoms with Gasteiger partial charge in [-0.05, 0) is 90.7 Å². The van der Waals surface area contributed by atoms with Crippen LogP contribution in [0.15, 0.2) is 194 Å². The normalized spacial score (nSPS) is 12.7. The monoisotopic (exact) mass is 702 g/mol. The van der Waals surface area contributed by atoms with Gasteiger partial charge < -0.3 is 0 Å². The van der Waals surface area contributed by atoms with Crippen LogP contribution in [0.4, 0.5) is 0 Å². The van der Waals surface area contributed by atoms with E-state index < -0.39 is 0 Å². The predicted molar refractivity (Wildman–Crippen MR) is 230 cm³/mol. The van der Waals surface area contributed by atoms with Gasteiger partial charge in [-0.25, -0.2) is 9.97 Å². The summed E-state index contributed by atoms with van der Waals surface area (Å²) in [6.07, 6.45) is 0. The van der Waals surface area contributed by atoms with Gasteiger partial charge in [-0.15, -0.1) is 0 Å². The summed E-state index contributed by atoms with van der Waals surface area (Å²) in [6, 6.07) is 69.5. The summed E-state index contributed by atoms with van der Waals surface area (Å²) in [4.78, 5) is 10.3. The van der Waals surface area contributed by atoms with E-state index in [4.69, 9.17) is 9.97 Å². The highest BCUT2D eigenvalue weighted by atomic mass is 14.9. The van der Waals surface area contributed by atoms with E-state index in [-0.39, 0.29) is 5.41 Å². The van der Waals surface area contributed by atoms with Gasteiger partial charge in [-0.3, -0.25) is 0 Å². The number of hydrogen-bond acceptors (Lipinski definition) is 2. The van der Waals surface area contributed by atoms with E-state index in [1.807, 2.05) is 12.1 Å². The quantitative estimate of drug-likeness (QED) is 0.172. The zero-order chi connectivity index (χ0) is 36.9. The first-order valence-electron chi connectivity index (χ1n) is 19.0. The Kier molecular flexibility index (Phi) is 7.85. The third-order valence-electron chi connectivity index (χ3n) is 11.3. The van der Waals surface area contributed by atoms with E-state index in [9.17, 15) is 0 Å². The van der Waals surface area contributed by atoms with Crippen LogP contribution in [0, 0.1) is 0 Å². The average Bonchev–Trinajstić information content (AvgIpc) is 3.49. The molecular weight excluding hydrogens is 665 g/mol. The molecule has 0 fully saturated rings. The summed E-state index contributed by atoms with van der Waals surface area (Å²) in [6.45, 7) is 4.72. The fraction of sp³-hybridized carbons (Fsp3) is 0.0566. The molecule has 1 aromatic heterocycles. The summed E-state index contributed by atoms with van der Waals surface area (Å²) in [7, 11) is 0. The molecule has 2 nitrogen and oxygen atoms in total. The van der Waals surface area contributed by atoms with Crippen LogP contribution in [-0.4, -0.2) is 9.97 Å². The van der Waals surface area contributed by atoms with Crippen molar-refractivity contribution in [1.29, 1.82) is 0 Å². The van der Waals surface area contributed by atoms with Crippen LogP contribution < -0.4 is 0 Å². The fourth-order valence-corrected chi connectivity index (χ4v) is 8.46. The Bertz CT molecular complexity index is 2870. The second-order valence-electron chi connectivity index (χ2n) is 15.0. The standard InChI is InChI=1S/C53H38N2/c1-53(2)48-30-28-42(33-47(48)46-29-27-38-15-9-10-22-45(38)51(46)53)37-25-23-36(24-26-37)40-18-11-20-43(31-40)50-34-49(39-16-7-4-8-17-39)54-52(55-50)44-21-12-19-41(32-44)35-13-5-3-6-14-35/h3-34H,1-2H3. The number of benzene rings is 8. The lowest BCUT2D eigenvalue weighted by Crippen LogP contribution is -2.15. The fourth-order valence-electron chi connectivity index (χ4n) is 8.46. The molecule has 1 aliphatic carbocycles. The minimum absolute atomic E-state index is 0.0581. The largest absolute Gasteiger partial charge is 0.228 e. The van der Waals surface area contributed by atoms with Gasteiger partial charge in [-0.2, -0.15) is 0 Å². The maximum Gasteiger partial charge on any atom is 0.160 e. The van der Waals surface area contributed by atoms with E-state index in [0.29, 0.717) is 5.82 Å². The molecule has 0 N–H and O–H groups in total. The van der Waals surface area contributed by atoms with Crippen LogP contribution in [0.2, 0.25) is 0 Å². The Morgan fingerprint density at radius 3 is 1.56 bits per heavy atom. The zero-order valence-corrected chi connectivity index (χ0v) is 30.9. The third-order valence-corrected chi connectivity index (χ3v) is 11.3. The molecule has 1 heterocycles. The summed E-state index contributed by atoms with van der Waals surface area (Å²) in [5, 5.41) is 2.65. The maximum absolute atomic E-state index is 5.18. The molecular formula is C53H38N2. The van der Waals surface area contributed by atoms with Crippen molar-refractivity contribution in [2.45, 2.75) is 19.3 Å². The predicted octanol–water partition coefficient (Wildman–Crippen LogP) is 13.9. The van der Waals surface area contributed by atoms with Crippen molar-refractivity contribution in [3.05, 3.63) is 205 Å². The lowest BCUT2D eigenvalue weighted by Gasteiger charge is -2.23. The molecule has 10 rings (SSSR count). The van der Waals surface area contributed by atoms with E-state index in [0.717, 1.165) is 44.8 Å². The first kappa shape index (κ1) is 32.7. The highest BCUT2D eigenvalue weighted by molar-refractivity contribution is 5.98. The minimum atomic E-state index is -0.0581. The van der Waals surface area contributed by atoms with Gasteiger partial charge in [0.05, 0.1) is 11.4 Å². The Morgan fingerprint density at radius 1 is 0.345 bits per heavy atom. The second kappa shape index (κ2) is 13.2. The topological polar surface area (TPSA) is 25.8 Å². The molecule has 0 amide bonds. The number of fused-ring (bicyclic) bond motifs is 5. The molecule has 0 saturated heterocycles. The molecule has 1 aliphatic rings. The van der Waals surface area contributed by atoms with Gasteiger partial charge in [0, 0.05) is 22.1 Å². The molecule has 0 saturated carbocycles. The number of nitrogens with zero attached hydrogens (tertiary/aromatic N) is 2. The molecule has 0 spiro atoms. The zero-order valence-electron chi connectivity index (χ0n) is 30.9. The Balaban J connectivity index is 0.996. The molecule has 0 bridgehead atoms. The van der Waals surface area contributed by atoms with E-state index in [1.165, 1.54) is 49.7 Å². The second-order valence-corrected chi connectivity index (χ2v) is 15.0. The van der Waals surface area contributed by atoms with Crippen molar-refractivity contribution in [2.24, 2.45) is 0 Å². The van der Waals surface area contributed by atoms with Gasteiger partial charge in [0.25, 0.3) is 0 Å². The molecule has 0 radical (unpaired) electrons. The summed E-state index contributed by atoms with van der Waals surface area (Å²) in [5.41, 5.74) is 17.4. The molecule has 55 heavy (non-hydrogen) atoms. The van der Waals surface area contributed by atoms with Crippen LogP contribution >= 0.6 is 0 Å². The molecule has 0 aliphatic heterocycles. The van der Waals surface area contributed by atoms with E-state index in [2.05, 4.69) is 196 Å². The first-order valence-corrected chi connectivity index (χ1v) is 19.0. The molecule has 0 atom stereocenters.